The number of nitrogens with one attached hydrogen (secondary N) is 1. The van der Waals surface area contributed by atoms with Crippen LogP contribution in [-0.4, -0.2) is 122 Å². The van der Waals surface area contributed by atoms with Crippen molar-refractivity contribution in [2.45, 2.75) is 18.5 Å². The van der Waals surface area contributed by atoms with Gasteiger partial charge in [-0.15, -0.1) is 0 Å². The third-order valence-electron chi connectivity index (χ3n) is 9.44. The van der Waals surface area contributed by atoms with E-state index in [-0.39, 0.29) is 12.0 Å². The summed E-state index contributed by atoms with van der Waals surface area (Å²) in [7, 11) is 7.39. The molecule has 2 aromatic heterocycles. The number of esters is 1. The van der Waals surface area contributed by atoms with Crippen molar-refractivity contribution in [2.75, 3.05) is 95.4 Å². The molecule has 236 valence electrons. The molecule has 0 saturated carbocycles. The summed E-state index contributed by atoms with van der Waals surface area (Å²) in [6, 6.07) is 15.2. The molecule has 0 bridgehead atoms. The van der Waals surface area contributed by atoms with Crippen molar-refractivity contribution in [2.24, 2.45) is 0 Å². The summed E-state index contributed by atoms with van der Waals surface area (Å²) in [5.74, 6) is 2.18. The lowest BCUT2D eigenvalue weighted by Gasteiger charge is -2.42. The third-order valence-corrected chi connectivity index (χ3v) is 9.44. The molecule has 0 radical (unpaired) electrons. The summed E-state index contributed by atoms with van der Waals surface area (Å²) in [5.41, 5.74) is 4.13. The number of fused-ring (bicyclic) bond motifs is 3. The summed E-state index contributed by atoms with van der Waals surface area (Å²) in [6.07, 6.45) is 0.456. The van der Waals surface area contributed by atoms with Crippen LogP contribution in [0.15, 0.2) is 48.5 Å². The molecule has 0 unspecified atom stereocenters. The topological polar surface area (TPSA) is 106 Å². The predicted octanol–water partition coefficient (Wildman–Crippen LogP) is 2.56. The minimum absolute atomic E-state index is 0.327. The Hall–Kier alpha value is -4.42. The molecule has 1 N–H and O–H groups in total. The zero-order valence-electron chi connectivity index (χ0n) is 26.4. The number of H-pyrrole nitrogens is 1. The normalized spacial score (nSPS) is 21.2. The SMILES string of the molecule is COC(=O)[C@@H]1Cc2c([nH]c3ccccc23)[C@@H](c2ccc(OC)cc2)N1c1nc(N2CCN(C)CC2)nc(N2CCN(C)CC2)n1. The number of piperazine rings is 2. The lowest BCUT2D eigenvalue weighted by Crippen LogP contribution is -2.51. The molecule has 2 atom stereocenters. The number of likely N-dealkylation sites (N-methyl/N-ethyl adjacent to an activating group) is 2. The highest BCUT2D eigenvalue weighted by Crippen LogP contribution is 2.43. The van der Waals surface area contributed by atoms with Crippen molar-refractivity contribution < 1.29 is 14.3 Å². The van der Waals surface area contributed by atoms with Gasteiger partial charge in [-0.1, -0.05) is 30.3 Å². The first-order chi connectivity index (χ1) is 21.9. The number of ether oxygens (including phenoxy) is 2. The zero-order chi connectivity index (χ0) is 31.1. The Labute approximate surface area is 263 Å². The number of benzene rings is 2. The van der Waals surface area contributed by atoms with Gasteiger partial charge >= 0.3 is 5.97 Å². The number of hydrogen-bond acceptors (Lipinski definition) is 11. The fourth-order valence-corrected chi connectivity index (χ4v) is 6.74. The molecule has 2 saturated heterocycles. The largest absolute Gasteiger partial charge is 0.497 e. The number of rotatable bonds is 6. The molecule has 5 heterocycles. The maximum atomic E-state index is 13.7. The van der Waals surface area contributed by atoms with Gasteiger partial charge in [0.15, 0.2) is 0 Å². The zero-order valence-corrected chi connectivity index (χ0v) is 26.4. The van der Waals surface area contributed by atoms with Crippen LogP contribution in [0.3, 0.4) is 0 Å². The number of nitrogens with zero attached hydrogens (tertiary/aromatic N) is 8. The molecular formula is C33H41N9O3. The molecule has 45 heavy (non-hydrogen) atoms. The molecular weight excluding hydrogens is 570 g/mol. The summed E-state index contributed by atoms with van der Waals surface area (Å²) in [4.78, 5) is 43.9. The third kappa shape index (κ3) is 5.53. The van der Waals surface area contributed by atoms with Gasteiger partial charge in [-0.05, 0) is 43.4 Å². The fraction of sp³-hybridized carbons (Fsp3) is 0.455. The van der Waals surface area contributed by atoms with Crippen molar-refractivity contribution in [3.8, 4) is 5.75 Å². The van der Waals surface area contributed by atoms with Crippen LogP contribution in [0.4, 0.5) is 17.8 Å². The molecule has 3 aliphatic heterocycles. The number of hydrogen-bond donors (Lipinski definition) is 1. The van der Waals surface area contributed by atoms with Gasteiger partial charge in [0, 0.05) is 75.4 Å². The maximum Gasteiger partial charge on any atom is 0.328 e. The number of aromatic nitrogens is 4. The quantitative estimate of drug-likeness (QED) is 0.325. The lowest BCUT2D eigenvalue weighted by atomic mass is 9.88. The summed E-state index contributed by atoms with van der Waals surface area (Å²) < 4.78 is 11.0. The van der Waals surface area contributed by atoms with Crippen LogP contribution in [0.5, 0.6) is 5.75 Å². The van der Waals surface area contributed by atoms with Crippen LogP contribution in [0.1, 0.15) is 22.9 Å². The van der Waals surface area contributed by atoms with Gasteiger partial charge in [0.1, 0.15) is 11.8 Å². The van der Waals surface area contributed by atoms with Gasteiger partial charge in [0.25, 0.3) is 0 Å². The Bertz CT molecular complexity index is 1620. The molecule has 0 aliphatic carbocycles. The van der Waals surface area contributed by atoms with E-state index >= 15 is 0 Å². The van der Waals surface area contributed by atoms with Gasteiger partial charge in [0.2, 0.25) is 17.8 Å². The molecule has 12 nitrogen and oxygen atoms in total. The Balaban J connectivity index is 1.42. The van der Waals surface area contributed by atoms with Crippen molar-refractivity contribution >= 4 is 34.7 Å². The van der Waals surface area contributed by atoms with E-state index in [0.29, 0.717) is 24.3 Å². The molecule has 7 rings (SSSR count). The number of anilines is 3. The average molecular weight is 612 g/mol. The Morgan fingerprint density at radius 2 is 1.36 bits per heavy atom. The van der Waals surface area contributed by atoms with E-state index in [2.05, 4.69) is 62.9 Å². The lowest BCUT2D eigenvalue weighted by molar-refractivity contribution is -0.142. The fourth-order valence-electron chi connectivity index (χ4n) is 6.74. The highest BCUT2D eigenvalue weighted by Gasteiger charge is 2.44. The molecule has 3 aliphatic rings. The second-order valence-corrected chi connectivity index (χ2v) is 12.2. The Morgan fingerprint density at radius 1 is 0.778 bits per heavy atom. The first-order valence-electron chi connectivity index (χ1n) is 15.7. The first kappa shape index (κ1) is 29.3. The Kier molecular flexibility index (Phi) is 7.92. The van der Waals surface area contributed by atoms with Crippen molar-refractivity contribution in [3.63, 3.8) is 0 Å². The van der Waals surface area contributed by atoms with Gasteiger partial charge < -0.3 is 39.0 Å². The van der Waals surface area contributed by atoms with Crippen LogP contribution in [0, 0.1) is 0 Å². The molecule has 12 heteroatoms. The number of methoxy groups -OCH3 is 2. The maximum absolute atomic E-state index is 13.7. The van der Waals surface area contributed by atoms with Crippen LogP contribution in [-0.2, 0) is 16.0 Å². The number of aromatic amines is 1. The smallest absolute Gasteiger partial charge is 0.328 e. The molecule has 0 amide bonds. The van der Waals surface area contributed by atoms with Gasteiger partial charge in [-0.3, -0.25) is 0 Å². The minimum atomic E-state index is -0.656. The van der Waals surface area contributed by atoms with E-state index in [1.165, 1.54) is 7.11 Å². The molecule has 2 aromatic carbocycles. The van der Waals surface area contributed by atoms with Crippen molar-refractivity contribution in [1.29, 1.82) is 0 Å². The first-order valence-corrected chi connectivity index (χ1v) is 15.7. The second kappa shape index (κ2) is 12.2. The van der Waals surface area contributed by atoms with E-state index in [1.807, 2.05) is 29.2 Å². The summed E-state index contributed by atoms with van der Waals surface area (Å²) in [6.45, 7) is 6.96. The van der Waals surface area contributed by atoms with E-state index in [0.717, 1.165) is 85.8 Å². The number of carbonyl (C=O) groups is 1. The van der Waals surface area contributed by atoms with Gasteiger partial charge in [-0.2, -0.15) is 15.0 Å². The highest BCUT2D eigenvalue weighted by atomic mass is 16.5. The van der Waals surface area contributed by atoms with Crippen molar-refractivity contribution in [1.82, 2.24) is 29.7 Å². The van der Waals surface area contributed by atoms with Gasteiger partial charge in [0.05, 0.1) is 20.3 Å². The number of carbonyl (C=O) groups excluding carboxylic acids is 1. The van der Waals surface area contributed by atoms with Gasteiger partial charge in [-0.25, -0.2) is 4.79 Å². The van der Waals surface area contributed by atoms with Crippen LogP contribution in [0.2, 0.25) is 0 Å². The second-order valence-electron chi connectivity index (χ2n) is 12.2. The number of para-hydroxylation sites is 1. The van der Waals surface area contributed by atoms with Crippen molar-refractivity contribution in [3.05, 3.63) is 65.4 Å². The van der Waals surface area contributed by atoms with Crippen LogP contribution < -0.4 is 19.4 Å². The van der Waals surface area contributed by atoms with E-state index in [9.17, 15) is 4.79 Å². The summed E-state index contributed by atoms with van der Waals surface area (Å²) in [5, 5.41) is 1.10. The van der Waals surface area contributed by atoms with Crippen LogP contribution >= 0.6 is 0 Å². The predicted molar refractivity (Wildman–Crippen MR) is 174 cm³/mol. The van der Waals surface area contributed by atoms with E-state index in [4.69, 9.17) is 24.4 Å². The van der Waals surface area contributed by atoms with E-state index < -0.39 is 6.04 Å². The monoisotopic (exact) mass is 611 g/mol. The minimum Gasteiger partial charge on any atom is -0.497 e. The molecule has 2 fully saturated rings. The summed E-state index contributed by atoms with van der Waals surface area (Å²) >= 11 is 0. The average Bonchev–Trinajstić information content (AvgIpc) is 3.46. The van der Waals surface area contributed by atoms with E-state index in [1.54, 1.807) is 7.11 Å². The molecule has 0 spiro atoms. The van der Waals surface area contributed by atoms with Crippen LogP contribution in [0.25, 0.3) is 10.9 Å². The Morgan fingerprint density at radius 3 is 1.93 bits per heavy atom. The standard InChI is InChI=1S/C33H41N9O3/c1-38-13-17-40(18-14-38)31-35-32(41-19-15-39(2)16-20-41)37-33(36-31)42-27(30(43)45-4)21-25-24-7-5-6-8-26(24)34-28(25)29(42)22-9-11-23(44-3)12-10-22/h5-12,27,29,34H,13-21H2,1-4H3/t27-,29+/m0/s1. The molecule has 4 aromatic rings. The highest BCUT2D eigenvalue weighted by molar-refractivity contribution is 5.89.